The van der Waals surface area contributed by atoms with E-state index in [0.717, 1.165) is 33.9 Å². The molecule has 4 aliphatic carbocycles. The quantitative estimate of drug-likeness (QED) is 0.400. The molecule has 4 bridgehead atoms. The van der Waals surface area contributed by atoms with Crippen molar-refractivity contribution < 1.29 is 22.7 Å². The van der Waals surface area contributed by atoms with Crippen LogP contribution in [0.25, 0.3) is 0 Å². The molecule has 42 heavy (non-hydrogen) atoms. The molecule has 4 fully saturated rings. The van der Waals surface area contributed by atoms with Crippen LogP contribution < -0.4 is 14.4 Å². The first-order valence-corrected chi connectivity index (χ1v) is 17.0. The summed E-state index contributed by atoms with van der Waals surface area (Å²) < 4.78 is 32.6. The van der Waals surface area contributed by atoms with E-state index in [1.165, 1.54) is 49.0 Å². The third-order valence-electron chi connectivity index (χ3n) is 9.57. The molecule has 0 heterocycles. The van der Waals surface area contributed by atoms with Gasteiger partial charge in [-0.05, 0) is 118 Å². The van der Waals surface area contributed by atoms with E-state index >= 15 is 0 Å². The van der Waals surface area contributed by atoms with Crippen molar-refractivity contribution in [2.45, 2.75) is 83.3 Å². The summed E-state index contributed by atoms with van der Waals surface area (Å²) in [5.41, 5.74) is 2.73. The summed E-state index contributed by atoms with van der Waals surface area (Å²) in [6.07, 6.45) is 8.88. The third kappa shape index (κ3) is 6.46. The van der Waals surface area contributed by atoms with Crippen LogP contribution in [0, 0.1) is 17.8 Å². The molecule has 9 heteroatoms. The number of hydrogen-bond donors (Lipinski definition) is 1. The maximum atomic E-state index is 13.9. The van der Waals surface area contributed by atoms with Crippen molar-refractivity contribution in [2.24, 2.45) is 17.8 Å². The molecule has 0 aromatic heterocycles. The zero-order valence-electron chi connectivity index (χ0n) is 25.5. The highest BCUT2D eigenvalue weighted by Gasteiger charge is 2.51. The molecule has 1 N–H and O–H groups in total. The number of carbonyl (C=O) groups excluding carboxylic acids is 2. The molecule has 2 amide bonds. The summed E-state index contributed by atoms with van der Waals surface area (Å²) in [7, 11) is -2.22. The number of carbonyl (C=O) groups is 2. The lowest BCUT2D eigenvalue weighted by Gasteiger charge is -2.57. The molecule has 0 saturated heterocycles. The summed E-state index contributed by atoms with van der Waals surface area (Å²) in [4.78, 5) is 28.3. The minimum atomic E-state index is -3.79. The van der Waals surface area contributed by atoms with Crippen molar-refractivity contribution in [3.8, 4) is 5.75 Å². The molecule has 0 aliphatic heterocycles. The van der Waals surface area contributed by atoms with Crippen molar-refractivity contribution in [3.05, 3.63) is 59.7 Å². The Morgan fingerprint density at radius 3 is 2.10 bits per heavy atom. The Kier molecular flexibility index (Phi) is 8.61. The van der Waals surface area contributed by atoms with Crippen molar-refractivity contribution in [3.63, 3.8) is 0 Å². The third-order valence-corrected chi connectivity index (χ3v) is 10.7. The van der Waals surface area contributed by atoms with Gasteiger partial charge >= 0.3 is 0 Å². The van der Waals surface area contributed by atoms with Gasteiger partial charge in [0.1, 0.15) is 18.3 Å². The Bertz CT molecular complexity index is 1370. The SMILES string of the molecule is COc1cccc(CN(C(=O)CN(c2ccc(C34CC5CC(CC(C5)C3)C4)cc2)S(C)(=O)=O)[C@H](C)C(=O)NC(C)C)c1. The largest absolute Gasteiger partial charge is 0.497 e. The number of nitrogens with one attached hydrogen (secondary N) is 1. The first-order chi connectivity index (χ1) is 19.9. The summed E-state index contributed by atoms with van der Waals surface area (Å²) in [5.74, 6) is 2.31. The van der Waals surface area contributed by atoms with Gasteiger partial charge in [0.2, 0.25) is 21.8 Å². The van der Waals surface area contributed by atoms with E-state index in [1.54, 1.807) is 14.0 Å². The van der Waals surface area contributed by atoms with Gasteiger partial charge in [0.05, 0.1) is 19.1 Å². The molecule has 8 nitrogen and oxygen atoms in total. The number of sulfonamides is 1. The maximum absolute atomic E-state index is 13.9. The van der Waals surface area contributed by atoms with E-state index in [-0.39, 0.29) is 23.9 Å². The molecule has 4 saturated carbocycles. The van der Waals surface area contributed by atoms with E-state index in [1.807, 2.05) is 50.2 Å². The Morgan fingerprint density at radius 1 is 0.976 bits per heavy atom. The summed E-state index contributed by atoms with van der Waals surface area (Å²) in [6, 6.07) is 14.2. The van der Waals surface area contributed by atoms with Gasteiger partial charge in [-0.15, -0.1) is 0 Å². The number of hydrogen-bond acceptors (Lipinski definition) is 5. The van der Waals surface area contributed by atoms with Crippen molar-refractivity contribution in [1.29, 1.82) is 0 Å². The first-order valence-electron chi connectivity index (χ1n) is 15.2. The highest BCUT2D eigenvalue weighted by atomic mass is 32.2. The summed E-state index contributed by atoms with van der Waals surface area (Å²) in [6.45, 7) is 5.11. The molecule has 2 aromatic carbocycles. The normalized spacial score (nSPS) is 25.2. The Hall–Kier alpha value is -3.07. The Morgan fingerprint density at radius 2 is 1.57 bits per heavy atom. The van der Waals surface area contributed by atoms with Crippen LogP contribution in [0.15, 0.2) is 48.5 Å². The van der Waals surface area contributed by atoms with Gasteiger partial charge in [-0.3, -0.25) is 13.9 Å². The molecule has 228 valence electrons. The zero-order valence-corrected chi connectivity index (χ0v) is 26.3. The molecule has 4 aliphatic rings. The van der Waals surface area contributed by atoms with Crippen LogP contribution in [0.1, 0.15) is 70.4 Å². The number of ether oxygens (including phenoxy) is 1. The second kappa shape index (κ2) is 11.9. The van der Waals surface area contributed by atoms with Crippen LogP contribution in [0.4, 0.5) is 5.69 Å². The van der Waals surface area contributed by atoms with Gasteiger partial charge in [-0.2, -0.15) is 0 Å². The number of rotatable bonds is 11. The summed E-state index contributed by atoms with van der Waals surface area (Å²) in [5, 5.41) is 2.87. The molecule has 2 aromatic rings. The lowest BCUT2D eigenvalue weighted by molar-refractivity contribution is -0.139. The van der Waals surface area contributed by atoms with Crippen LogP contribution in [-0.2, 0) is 31.6 Å². The highest BCUT2D eigenvalue weighted by molar-refractivity contribution is 7.92. The zero-order chi connectivity index (χ0) is 30.2. The standard InChI is InChI=1S/C33H45N3O5S/c1-22(2)34-32(38)23(3)35(20-24-7-6-8-30(16-24)41-4)31(37)21-36(42(5,39)40)29-11-9-28(10-12-29)33-17-25-13-26(18-33)15-27(14-25)19-33/h6-12,16,22-23,25-27H,13-15,17-21H2,1-5H3,(H,34,38)/t23-,25?,26?,27?,33?/m1/s1. The Labute approximate surface area is 250 Å². The Balaban J connectivity index is 1.39. The molecular formula is C33H45N3O5S. The molecule has 1 atom stereocenters. The van der Waals surface area contributed by atoms with Gasteiger partial charge in [-0.25, -0.2) is 8.42 Å². The van der Waals surface area contributed by atoms with E-state index in [0.29, 0.717) is 11.4 Å². The van der Waals surface area contributed by atoms with Crippen LogP contribution in [0.3, 0.4) is 0 Å². The smallest absolute Gasteiger partial charge is 0.244 e. The predicted molar refractivity (Wildman–Crippen MR) is 165 cm³/mol. The van der Waals surface area contributed by atoms with E-state index in [9.17, 15) is 18.0 Å². The molecule has 6 rings (SSSR count). The fraction of sp³-hybridized carbons (Fsp3) is 0.576. The van der Waals surface area contributed by atoms with Crippen molar-refractivity contribution in [1.82, 2.24) is 10.2 Å². The maximum Gasteiger partial charge on any atom is 0.244 e. The van der Waals surface area contributed by atoms with E-state index in [2.05, 4.69) is 17.4 Å². The average molecular weight is 596 g/mol. The van der Waals surface area contributed by atoms with Gasteiger partial charge in [0.25, 0.3) is 0 Å². The fourth-order valence-electron chi connectivity index (χ4n) is 8.01. The number of nitrogens with zero attached hydrogens (tertiary/aromatic N) is 2. The van der Waals surface area contributed by atoms with Crippen LogP contribution >= 0.6 is 0 Å². The lowest BCUT2D eigenvalue weighted by Crippen LogP contribution is -2.52. The number of amides is 2. The molecule has 0 spiro atoms. The second-order valence-electron chi connectivity index (χ2n) is 13.2. The van der Waals surface area contributed by atoms with Gasteiger partial charge in [0, 0.05) is 12.6 Å². The fourth-order valence-corrected chi connectivity index (χ4v) is 8.86. The topological polar surface area (TPSA) is 96.0 Å². The van der Waals surface area contributed by atoms with Crippen molar-refractivity contribution in [2.75, 3.05) is 24.2 Å². The van der Waals surface area contributed by atoms with Crippen LogP contribution in [0.5, 0.6) is 5.75 Å². The number of methoxy groups -OCH3 is 1. The van der Waals surface area contributed by atoms with Gasteiger partial charge in [0.15, 0.2) is 0 Å². The molecular weight excluding hydrogens is 550 g/mol. The van der Waals surface area contributed by atoms with Crippen LogP contribution in [-0.4, -0.2) is 57.1 Å². The van der Waals surface area contributed by atoms with Gasteiger partial charge < -0.3 is 15.0 Å². The monoisotopic (exact) mass is 595 g/mol. The summed E-state index contributed by atoms with van der Waals surface area (Å²) >= 11 is 0. The molecule has 0 unspecified atom stereocenters. The second-order valence-corrected chi connectivity index (χ2v) is 15.1. The van der Waals surface area contributed by atoms with E-state index in [4.69, 9.17) is 4.74 Å². The first kappa shape index (κ1) is 30.4. The lowest BCUT2D eigenvalue weighted by atomic mass is 9.48. The van der Waals surface area contributed by atoms with E-state index < -0.39 is 28.5 Å². The van der Waals surface area contributed by atoms with Crippen molar-refractivity contribution >= 4 is 27.5 Å². The minimum absolute atomic E-state index is 0.103. The highest BCUT2D eigenvalue weighted by Crippen LogP contribution is 2.60. The van der Waals surface area contributed by atoms with Crippen LogP contribution in [0.2, 0.25) is 0 Å². The number of benzene rings is 2. The molecule has 0 radical (unpaired) electrons. The predicted octanol–water partition coefficient (Wildman–Crippen LogP) is 4.87. The minimum Gasteiger partial charge on any atom is -0.497 e. The number of anilines is 1. The van der Waals surface area contributed by atoms with Gasteiger partial charge in [-0.1, -0.05) is 24.3 Å². The average Bonchev–Trinajstić information content (AvgIpc) is 2.92.